The molecule has 2 heterocycles. The number of carbonyl (C=O) groups is 1. The minimum Gasteiger partial charge on any atom is -0.359 e. The van der Waals surface area contributed by atoms with Gasteiger partial charge >= 0.3 is 0 Å². The lowest BCUT2D eigenvalue weighted by Crippen LogP contribution is -2.20. The molecule has 1 amide bonds. The van der Waals surface area contributed by atoms with Crippen LogP contribution in [0.2, 0.25) is 0 Å². The van der Waals surface area contributed by atoms with Crippen LogP contribution in [-0.4, -0.2) is 32.9 Å². The number of nitrogens with one attached hydrogen (secondary N) is 1. The quantitative estimate of drug-likeness (QED) is 0.763. The molecule has 0 unspecified atom stereocenters. The molecule has 1 N–H and O–H groups in total. The molecule has 0 atom stereocenters. The summed E-state index contributed by atoms with van der Waals surface area (Å²) in [4.78, 5) is 15.5. The van der Waals surface area contributed by atoms with E-state index < -0.39 is 0 Å². The average Bonchev–Trinajstić information content (AvgIpc) is 3.20. The Bertz CT molecular complexity index is 747. The molecule has 2 aromatic heterocycles. The summed E-state index contributed by atoms with van der Waals surface area (Å²) in [7, 11) is 1.57. The fourth-order valence-electron chi connectivity index (χ4n) is 2.03. The Morgan fingerprint density at radius 3 is 2.82 bits per heavy atom. The van der Waals surface area contributed by atoms with Gasteiger partial charge in [-0.2, -0.15) is 10.1 Å². The summed E-state index contributed by atoms with van der Waals surface area (Å²) in [5.74, 6) is 0.740. The minimum absolute atomic E-state index is 0.123. The van der Waals surface area contributed by atoms with E-state index in [2.05, 4.69) is 20.6 Å². The van der Waals surface area contributed by atoms with Crippen molar-refractivity contribution in [2.45, 2.75) is 12.8 Å². The summed E-state index contributed by atoms with van der Waals surface area (Å²) in [5.41, 5.74) is 2.03. The zero-order valence-electron chi connectivity index (χ0n) is 12.1. The van der Waals surface area contributed by atoms with Gasteiger partial charge in [0.2, 0.25) is 11.8 Å². The highest BCUT2D eigenvalue weighted by molar-refractivity contribution is 5.77. The fraction of sp³-hybridized carbons (Fsp3) is 0.200. The predicted octanol–water partition coefficient (Wildman–Crippen LogP) is 1.13. The maximum Gasteiger partial charge on any atom is 0.231 e. The first-order valence-electron chi connectivity index (χ1n) is 6.85. The lowest BCUT2D eigenvalue weighted by Gasteiger charge is -2.02. The van der Waals surface area contributed by atoms with E-state index in [0.29, 0.717) is 18.1 Å². The molecule has 22 heavy (non-hydrogen) atoms. The van der Waals surface area contributed by atoms with Gasteiger partial charge in [-0.3, -0.25) is 4.79 Å². The number of amides is 1. The van der Waals surface area contributed by atoms with Gasteiger partial charge in [0.05, 0.1) is 18.5 Å². The molecular weight excluding hydrogens is 282 g/mol. The average molecular weight is 297 g/mol. The normalized spacial score (nSPS) is 10.6. The number of likely N-dealkylation sites (N-methyl/N-ethyl adjacent to an activating group) is 1. The molecule has 7 heteroatoms. The van der Waals surface area contributed by atoms with Gasteiger partial charge in [0, 0.05) is 19.4 Å². The Balaban J connectivity index is 1.67. The lowest BCUT2D eigenvalue weighted by atomic mass is 10.1. The van der Waals surface area contributed by atoms with Crippen LogP contribution in [0.4, 0.5) is 0 Å². The molecule has 112 valence electrons. The second-order valence-corrected chi connectivity index (χ2v) is 4.75. The molecule has 3 rings (SSSR count). The highest BCUT2D eigenvalue weighted by Crippen LogP contribution is 2.12. The van der Waals surface area contributed by atoms with Crippen LogP contribution in [0.3, 0.4) is 0 Å². The van der Waals surface area contributed by atoms with Crippen LogP contribution in [0.1, 0.15) is 17.3 Å². The van der Waals surface area contributed by atoms with Crippen LogP contribution in [0.5, 0.6) is 0 Å². The van der Waals surface area contributed by atoms with Crippen molar-refractivity contribution >= 4 is 5.91 Å². The first-order valence-corrected chi connectivity index (χ1v) is 6.85. The third kappa shape index (κ3) is 3.20. The zero-order chi connectivity index (χ0) is 15.4. The Kier molecular flexibility index (Phi) is 3.95. The van der Waals surface area contributed by atoms with Gasteiger partial charge in [-0.1, -0.05) is 17.3 Å². The van der Waals surface area contributed by atoms with E-state index in [1.807, 2.05) is 36.5 Å². The van der Waals surface area contributed by atoms with E-state index in [0.717, 1.165) is 11.3 Å². The van der Waals surface area contributed by atoms with Gasteiger partial charge in [-0.15, -0.1) is 0 Å². The van der Waals surface area contributed by atoms with Gasteiger partial charge in [0.25, 0.3) is 0 Å². The maximum absolute atomic E-state index is 11.3. The first-order chi connectivity index (χ1) is 10.7. The molecule has 0 bridgehead atoms. The highest BCUT2D eigenvalue weighted by atomic mass is 16.5. The maximum atomic E-state index is 11.3. The van der Waals surface area contributed by atoms with E-state index in [4.69, 9.17) is 4.52 Å². The second kappa shape index (κ2) is 6.21. The number of carbonyl (C=O) groups excluding carboxylic acids is 1. The summed E-state index contributed by atoms with van der Waals surface area (Å²) >= 11 is 0. The monoisotopic (exact) mass is 297 g/mol. The third-order valence-corrected chi connectivity index (χ3v) is 3.17. The largest absolute Gasteiger partial charge is 0.359 e. The summed E-state index contributed by atoms with van der Waals surface area (Å²) in [6, 6.07) is 9.80. The molecule has 0 aliphatic carbocycles. The van der Waals surface area contributed by atoms with Gasteiger partial charge in [0.15, 0.2) is 5.82 Å². The van der Waals surface area contributed by atoms with Gasteiger partial charge < -0.3 is 9.84 Å². The van der Waals surface area contributed by atoms with E-state index in [9.17, 15) is 4.79 Å². The molecule has 0 fully saturated rings. The lowest BCUT2D eigenvalue weighted by molar-refractivity contribution is -0.120. The summed E-state index contributed by atoms with van der Waals surface area (Å²) in [6.45, 7) is 0. The molecule has 3 aromatic rings. The summed E-state index contributed by atoms with van der Waals surface area (Å²) in [6.07, 6.45) is 4.27. The Morgan fingerprint density at radius 2 is 2.14 bits per heavy atom. The van der Waals surface area contributed by atoms with Crippen molar-refractivity contribution in [3.05, 3.63) is 60.0 Å². The van der Waals surface area contributed by atoms with Crippen molar-refractivity contribution in [3.63, 3.8) is 0 Å². The van der Waals surface area contributed by atoms with Crippen molar-refractivity contribution in [1.29, 1.82) is 0 Å². The second-order valence-electron chi connectivity index (χ2n) is 4.75. The van der Waals surface area contributed by atoms with Crippen molar-refractivity contribution < 1.29 is 9.32 Å². The van der Waals surface area contributed by atoms with E-state index >= 15 is 0 Å². The Hall–Kier alpha value is -2.96. The van der Waals surface area contributed by atoms with Gasteiger partial charge in [0.1, 0.15) is 0 Å². The molecule has 1 aromatic carbocycles. The van der Waals surface area contributed by atoms with Gasteiger partial charge in [-0.25, -0.2) is 4.68 Å². The van der Waals surface area contributed by atoms with Crippen molar-refractivity contribution in [2.24, 2.45) is 0 Å². The molecule has 7 nitrogen and oxygen atoms in total. The Labute approximate surface area is 127 Å². The zero-order valence-corrected chi connectivity index (χ0v) is 12.1. The number of hydrogen-bond acceptors (Lipinski definition) is 5. The van der Waals surface area contributed by atoms with Crippen LogP contribution < -0.4 is 5.32 Å². The van der Waals surface area contributed by atoms with Gasteiger partial charge in [-0.05, 0) is 23.8 Å². The number of rotatable bonds is 5. The number of hydrogen-bond donors (Lipinski definition) is 1. The molecule has 0 aliphatic rings. The summed E-state index contributed by atoms with van der Waals surface area (Å²) < 4.78 is 6.95. The third-order valence-electron chi connectivity index (χ3n) is 3.17. The van der Waals surface area contributed by atoms with Crippen LogP contribution in [-0.2, 0) is 17.6 Å². The number of nitrogens with zero attached hydrogens (tertiary/aromatic N) is 4. The number of aromatic nitrogens is 4. The molecular formula is C15H15N5O2. The van der Waals surface area contributed by atoms with Crippen LogP contribution in [0.25, 0.3) is 5.69 Å². The Morgan fingerprint density at radius 1 is 1.32 bits per heavy atom. The minimum atomic E-state index is -0.143. The smallest absolute Gasteiger partial charge is 0.231 e. The molecule has 0 radical (unpaired) electrons. The van der Waals surface area contributed by atoms with Crippen molar-refractivity contribution in [1.82, 2.24) is 25.2 Å². The molecule has 0 aliphatic heterocycles. The van der Waals surface area contributed by atoms with Crippen molar-refractivity contribution in [3.8, 4) is 5.69 Å². The van der Waals surface area contributed by atoms with E-state index in [1.54, 1.807) is 17.9 Å². The molecule has 0 saturated carbocycles. The molecule has 0 spiro atoms. The first kappa shape index (κ1) is 14.0. The topological polar surface area (TPSA) is 85.8 Å². The van der Waals surface area contributed by atoms with Crippen LogP contribution in [0.15, 0.2) is 47.2 Å². The molecule has 0 saturated heterocycles. The SMILES string of the molecule is CNC(=O)Cc1noc(Cc2ccc(-n3cccn3)cc2)n1. The highest BCUT2D eigenvalue weighted by Gasteiger charge is 2.10. The van der Waals surface area contributed by atoms with Crippen LogP contribution in [0, 0.1) is 0 Å². The summed E-state index contributed by atoms with van der Waals surface area (Å²) in [5, 5.41) is 10.5. The fourth-order valence-corrected chi connectivity index (χ4v) is 2.03. The predicted molar refractivity (Wildman–Crippen MR) is 78.4 cm³/mol. The van der Waals surface area contributed by atoms with Crippen molar-refractivity contribution in [2.75, 3.05) is 7.05 Å². The van der Waals surface area contributed by atoms with E-state index in [-0.39, 0.29) is 12.3 Å². The van der Waals surface area contributed by atoms with E-state index in [1.165, 1.54) is 0 Å². The number of benzene rings is 1. The van der Waals surface area contributed by atoms with Crippen LogP contribution >= 0.6 is 0 Å². The standard InChI is InChI=1S/C15H15N5O2/c1-16-14(21)10-13-18-15(22-19-13)9-11-3-5-12(6-4-11)20-8-2-7-17-20/h2-8H,9-10H2,1H3,(H,16,21).